The summed E-state index contributed by atoms with van der Waals surface area (Å²) in [5, 5.41) is 0. The maximum absolute atomic E-state index is 11.9. The van der Waals surface area contributed by atoms with Crippen molar-refractivity contribution in [3.63, 3.8) is 0 Å². The zero-order valence-corrected chi connectivity index (χ0v) is 13.3. The van der Waals surface area contributed by atoms with Gasteiger partial charge in [0.05, 0.1) is 24.6 Å². The Balaban J connectivity index is 1.86. The molecule has 0 spiro atoms. The lowest BCUT2D eigenvalue weighted by Crippen LogP contribution is -2.20. The Hall–Kier alpha value is -2.82. The highest BCUT2D eigenvalue weighted by Gasteiger charge is 2.25. The lowest BCUT2D eigenvalue weighted by Gasteiger charge is -2.09. The molecule has 0 N–H and O–H groups in total. The highest BCUT2D eigenvalue weighted by Crippen LogP contribution is 2.34. The first-order valence-electron chi connectivity index (χ1n) is 7.49. The summed E-state index contributed by atoms with van der Waals surface area (Å²) in [6.07, 6.45) is 0.463. The summed E-state index contributed by atoms with van der Waals surface area (Å²) in [4.78, 5) is 18.3. The van der Waals surface area contributed by atoms with Gasteiger partial charge in [0.2, 0.25) is 5.91 Å². The van der Waals surface area contributed by atoms with Crippen molar-refractivity contribution in [1.82, 2.24) is 9.55 Å². The van der Waals surface area contributed by atoms with E-state index in [0.717, 1.165) is 39.4 Å². The first kappa shape index (κ1) is 13.8. The summed E-state index contributed by atoms with van der Waals surface area (Å²) in [5.74, 6) is 1.86. The van der Waals surface area contributed by atoms with E-state index in [1.54, 1.807) is 12.0 Å². The standard InChI is InChI=1S/C18H17N3O2/c1-20-15-10-14-16(8-12(15)9-17(20)22)21(2)18(19-14)11-4-6-13(23-3)7-5-11/h4-8,10H,9H2,1-3H3. The molecule has 2 heterocycles. The predicted octanol–water partition coefficient (Wildman–Crippen LogP) is 2.77. The van der Waals surface area contributed by atoms with Crippen LogP contribution in [0.5, 0.6) is 5.75 Å². The molecule has 0 saturated carbocycles. The summed E-state index contributed by atoms with van der Waals surface area (Å²) in [6.45, 7) is 0. The second-order valence-electron chi connectivity index (χ2n) is 5.82. The summed E-state index contributed by atoms with van der Waals surface area (Å²) in [5.41, 5.74) is 5.00. The topological polar surface area (TPSA) is 47.4 Å². The summed E-state index contributed by atoms with van der Waals surface area (Å²) in [7, 11) is 5.47. The molecule has 0 unspecified atom stereocenters. The van der Waals surface area contributed by atoms with Crippen LogP contribution in [0.4, 0.5) is 5.69 Å². The molecular formula is C18H17N3O2. The van der Waals surface area contributed by atoms with Crippen LogP contribution in [0.3, 0.4) is 0 Å². The molecule has 1 aliphatic heterocycles. The first-order chi connectivity index (χ1) is 11.1. The molecule has 1 aliphatic rings. The predicted molar refractivity (Wildman–Crippen MR) is 89.8 cm³/mol. The number of ether oxygens (including phenoxy) is 1. The van der Waals surface area contributed by atoms with Crippen LogP contribution in [0.15, 0.2) is 36.4 Å². The van der Waals surface area contributed by atoms with Crippen LogP contribution < -0.4 is 9.64 Å². The van der Waals surface area contributed by atoms with Gasteiger partial charge in [0.15, 0.2) is 0 Å². The van der Waals surface area contributed by atoms with Gasteiger partial charge in [-0.3, -0.25) is 4.79 Å². The van der Waals surface area contributed by atoms with Crippen molar-refractivity contribution in [2.24, 2.45) is 7.05 Å². The smallest absolute Gasteiger partial charge is 0.231 e. The van der Waals surface area contributed by atoms with Crippen molar-refractivity contribution < 1.29 is 9.53 Å². The van der Waals surface area contributed by atoms with Gasteiger partial charge in [-0.1, -0.05) is 0 Å². The number of nitrogens with zero attached hydrogens (tertiary/aromatic N) is 3. The van der Waals surface area contributed by atoms with Crippen LogP contribution in [-0.4, -0.2) is 29.6 Å². The van der Waals surface area contributed by atoms with E-state index in [-0.39, 0.29) is 5.91 Å². The minimum atomic E-state index is 0.130. The zero-order valence-electron chi connectivity index (χ0n) is 13.3. The van der Waals surface area contributed by atoms with Crippen molar-refractivity contribution in [2.45, 2.75) is 6.42 Å². The fraction of sp³-hybridized carbons (Fsp3) is 0.222. The maximum atomic E-state index is 11.9. The minimum absolute atomic E-state index is 0.130. The molecule has 3 aromatic rings. The summed E-state index contributed by atoms with van der Waals surface area (Å²) in [6, 6.07) is 11.9. The lowest BCUT2D eigenvalue weighted by molar-refractivity contribution is -0.117. The van der Waals surface area contributed by atoms with Gasteiger partial charge in [-0.05, 0) is 42.0 Å². The van der Waals surface area contributed by atoms with Crippen LogP contribution >= 0.6 is 0 Å². The second-order valence-corrected chi connectivity index (χ2v) is 5.82. The Kier molecular flexibility index (Phi) is 2.91. The molecule has 2 aromatic carbocycles. The fourth-order valence-electron chi connectivity index (χ4n) is 3.14. The number of aromatic nitrogens is 2. The van der Waals surface area contributed by atoms with E-state index in [9.17, 15) is 4.79 Å². The van der Waals surface area contributed by atoms with Crippen LogP contribution in [0.25, 0.3) is 22.4 Å². The van der Waals surface area contributed by atoms with E-state index in [1.807, 2.05) is 44.4 Å². The molecule has 5 heteroatoms. The Morgan fingerprint density at radius 2 is 1.87 bits per heavy atom. The van der Waals surface area contributed by atoms with Gasteiger partial charge in [0.1, 0.15) is 11.6 Å². The molecule has 0 fully saturated rings. The van der Waals surface area contributed by atoms with Crippen LogP contribution in [-0.2, 0) is 18.3 Å². The number of methoxy groups -OCH3 is 1. The van der Waals surface area contributed by atoms with Gasteiger partial charge < -0.3 is 14.2 Å². The number of likely N-dealkylation sites (N-methyl/N-ethyl adjacent to an activating group) is 1. The number of rotatable bonds is 2. The SMILES string of the molecule is COc1ccc(-c2nc3cc4c(cc3n2C)CC(=O)N4C)cc1. The van der Waals surface area contributed by atoms with E-state index in [0.29, 0.717) is 6.42 Å². The minimum Gasteiger partial charge on any atom is -0.497 e. The van der Waals surface area contributed by atoms with E-state index in [1.165, 1.54) is 0 Å². The monoisotopic (exact) mass is 307 g/mol. The number of amides is 1. The molecule has 1 amide bonds. The fourth-order valence-corrected chi connectivity index (χ4v) is 3.14. The van der Waals surface area contributed by atoms with Gasteiger partial charge in [0.25, 0.3) is 0 Å². The van der Waals surface area contributed by atoms with Crippen molar-refractivity contribution in [2.75, 3.05) is 19.1 Å². The van der Waals surface area contributed by atoms with Gasteiger partial charge in [-0.15, -0.1) is 0 Å². The van der Waals surface area contributed by atoms with Gasteiger partial charge in [-0.25, -0.2) is 4.98 Å². The second kappa shape index (κ2) is 4.84. The Morgan fingerprint density at radius 1 is 1.13 bits per heavy atom. The third-order valence-corrected chi connectivity index (χ3v) is 4.51. The summed E-state index contributed by atoms with van der Waals surface area (Å²) >= 11 is 0. The Morgan fingerprint density at radius 3 is 2.57 bits per heavy atom. The van der Waals surface area contributed by atoms with Crippen LogP contribution in [0.1, 0.15) is 5.56 Å². The van der Waals surface area contributed by atoms with Crippen molar-refractivity contribution in [3.8, 4) is 17.1 Å². The van der Waals surface area contributed by atoms with Crippen LogP contribution in [0.2, 0.25) is 0 Å². The number of carbonyl (C=O) groups excluding carboxylic acids is 1. The molecular weight excluding hydrogens is 290 g/mol. The molecule has 4 rings (SSSR count). The molecule has 5 nitrogen and oxygen atoms in total. The normalized spacial score (nSPS) is 13.7. The maximum Gasteiger partial charge on any atom is 0.231 e. The number of benzene rings is 2. The molecule has 0 aliphatic carbocycles. The number of hydrogen-bond donors (Lipinski definition) is 0. The average molecular weight is 307 g/mol. The number of imidazole rings is 1. The molecule has 0 radical (unpaired) electrons. The quantitative estimate of drug-likeness (QED) is 0.731. The molecule has 0 bridgehead atoms. The number of hydrogen-bond acceptors (Lipinski definition) is 3. The lowest BCUT2D eigenvalue weighted by atomic mass is 10.1. The Bertz CT molecular complexity index is 926. The molecule has 0 saturated heterocycles. The number of aryl methyl sites for hydroxylation is 1. The van der Waals surface area contributed by atoms with Crippen LogP contribution in [0, 0.1) is 0 Å². The zero-order chi connectivity index (χ0) is 16.1. The van der Waals surface area contributed by atoms with Gasteiger partial charge in [0, 0.05) is 25.3 Å². The van der Waals surface area contributed by atoms with E-state index in [4.69, 9.17) is 9.72 Å². The van der Waals surface area contributed by atoms with E-state index >= 15 is 0 Å². The van der Waals surface area contributed by atoms with E-state index < -0.39 is 0 Å². The third-order valence-electron chi connectivity index (χ3n) is 4.51. The number of carbonyl (C=O) groups is 1. The van der Waals surface area contributed by atoms with Gasteiger partial charge in [-0.2, -0.15) is 0 Å². The molecule has 1 aromatic heterocycles. The molecule has 23 heavy (non-hydrogen) atoms. The van der Waals surface area contributed by atoms with Gasteiger partial charge >= 0.3 is 0 Å². The molecule has 0 atom stereocenters. The number of anilines is 1. The highest BCUT2D eigenvalue weighted by atomic mass is 16.5. The number of fused-ring (bicyclic) bond motifs is 2. The first-order valence-corrected chi connectivity index (χ1v) is 7.49. The van der Waals surface area contributed by atoms with Crippen molar-refractivity contribution in [3.05, 3.63) is 42.0 Å². The third kappa shape index (κ3) is 2.00. The van der Waals surface area contributed by atoms with Crippen molar-refractivity contribution in [1.29, 1.82) is 0 Å². The largest absolute Gasteiger partial charge is 0.497 e. The van der Waals surface area contributed by atoms with Crippen molar-refractivity contribution >= 4 is 22.6 Å². The highest BCUT2D eigenvalue weighted by molar-refractivity contribution is 6.03. The summed E-state index contributed by atoms with van der Waals surface area (Å²) < 4.78 is 7.27. The molecule has 116 valence electrons. The Labute approximate surface area is 134 Å². The average Bonchev–Trinajstić information content (AvgIpc) is 3.03. The van der Waals surface area contributed by atoms with E-state index in [2.05, 4.69) is 10.6 Å².